The molecule has 1 aromatic carbocycles. The first-order chi connectivity index (χ1) is 7.20. The Kier molecular flexibility index (Phi) is 2.88. The highest BCUT2D eigenvalue weighted by molar-refractivity contribution is 7.80. The number of aromatic nitrogens is 1. The highest BCUT2D eigenvalue weighted by Gasteiger charge is 2.14. The number of ketones is 1. The average Bonchev–Trinajstić information content (AvgIpc) is 2.74. The molecule has 0 radical (unpaired) electrons. The van der Waals surface area contributed by atoms with E-state index in [9.17, 15) is 4.79 Å². The zero-order valence-corrected chi connectivity index (χ0v) is 9.81. The van der Waals surface area contributed by atoms with Crippen LogP contribution in [0.4, 0.5) is 0 Å². The van der Waals surface area contributed by atoms with Crippen molar-refractivity contribution in [2.75, 3.05) is 0 Å². The topological polar surface area (TPSA) is 30.0 Å². The molecule has 0 atom stereocenters. The Labute approximate surface area is 97.4 Å². The van der Waals surface area contributed by atoms with Crippen molar-refractivity contribution in [3.05, 3.63) is 45.9 Å². The van der Waals surface area contributed by atoms with E-state index in [1.54, 1.807) is 17.6 Å². The molecule has 2 rings (SSSR count). The van der Waals surface area contributed by atoms with E-state index in [0.29, 0.717) is 10.6 Å². The van der Waals surface area contributed by atoms with E-state index in [1.165, 1.54) is 11.3 Å². The molecule has 2 nitrogen and oxygen atoms in total. The summed E-state index contributed by atoms with van der Waals surface area (Å²) in [6, 6.07) is 5.51. The van der Waals surface area contributed by atoms with E-state index in [4.69, 9.17) is 0 Å². The molecule has 0 bridgehead atoms. The normalized spacial score (nSPS) is 10.3. The van der Waals surface area contributed by atoms with Crippen LogP contribution in [-0.4, -0.2) is 10.8 Å². The van der Waals surface area contributed by atoms with Crippen molar-refractivity contribution in [2.45, 2.75) is 11.8 Å². The molecule has 0 saturated carbocycles. The molecular weight excluding hydrogens is 226 g/mol. The minimum Gasteiger partial charge on any atom is -0.286 e. The van der Waals surface area contributed by atoms with Crippen LogP contribution >= 0.6 is 24.0 Å². The summed E-state index contributed by atoms with van der Waals surface area (Å²) in [5, 5.41) is 2.32. The van der Waals surface area contributed by atoms with Crippen LogP contribution < -0.4 is 0 Å². The van der Waals surface area contributed by atoms with E-state index >= 15 is 0 Å². The fraction of sp³-hybridized carbons (Fsp3) is 0.0909. The van der Waals surface area contributed by atoms with Crippen LogP contribution in [0.5, 0.6) is 0 Å². The molecule has 4 heteroatoms. The number of carbonyl (C=O) groups is 1. The first-order valence-electron chi connectivity index (χ1n) is 4.43. The van der Waals surface area contributed by atoms with Crippen molar-refractivity contribution in [3.63, 3.8) is 0 Å². The molecule has 76 valence electrons. The lowest BCUT2D eigenvalue weighted by Crippen LogP contribution is -2.03. The molecule has 0 fully saturated rings. The Balaban J connectivity index is 2.47. The van der Waals surface area contributed by atoms with Crippen molar-refractivity contribution in [1.82, 2.24) is 4.98 Å². The predicted molar refractivity (Wildman–Crippen MR) is 64.0 cm³/mol. The molecule has 15 heavy (non-hydrogen) atoms. The van der Waals surface area contributed by atoms with Crippen molar-refractivity contribution < 1.29 is 4.79 Å². The average molecular weight is 235 g/mol. The van der Waals surface area contributed by atoms with Gasteiger partial charge in [0.05, 0.1) is 0 Å². The van der Waals surface area contributed by atoms with E-state index in [2.05, 4.69) is 17.6 Å². The second kappa shape index (κ2) is 4.16. The van der Waals surface area contributed by atoms with Crippen molar-refractivity contribution in [3.8, 4) is 0 Å². The van der Waals surface area contributed by atoms with Gasteiger partial charge in [-0.25, -0.2) is 4.98 Å². The van der Waals surface area contributed by atoms with Crippen LogP contribution in [0.15, 0.2) is 34.7 Å². The molecule has 2 aromatic rings. The van der Waals surface area contributed by atoms with Crippen molar-refractivity contribution in [1.29, 1.82) is 0 Å². The summed E-state index contributed by atoms with van der Waals surface area (Å²) in [7, 11) is 0. The number of benzene rings is 1. The number of rotatable bonds is 2. The van der Waals surface area contributed by atoms with Gasteiger partial charge in [-0.15, -0.1) is 24.0 Å². The van der Waals surface area contributed by atoms with Crippen molar-refractivity contribution >= 4 is 29.7 Å². The van der Waals surface area contributed by atoms with Gasteiger partial charge in [-0.1, -0.05) is 12.1 Å². The lowest BCUT2D eigenvalue weighted by Gasteiger charge is -2.04. The van der Waals surface area contributed by atoms with Crippen LogP contribution in [0.2, 0.25) is 0 Å². The van der Waals surface area contributed by atoms with Crippen LogP contribution in [0.1, 0.15) is 20.9 Å². The smallest absolute Gasteiger partial charge is 0.221 e. The third-order valence-electron chi connectivity index (χ3n) is 2.18. The Morgan fingerprint density at radius 2 is 2.27 bits per heavy atom. The zero-order chi connectivity index (χ0) is 10.8. The monoisotopic (exact) mass is 235 g/mol. The molecule has 1 heterocycles. The first kappa shape index (κ1) is 10.4. The largest absolute Gasteiger partial charge is 0.286 e. The fourth-order valence-electron chi connectivity index (χ4n) is 1.32. The van der Waals surface area contributed by atoms with Gasteiger partial charge in [0.25, 0.3) is 0 Å². The Morgan fingerprint density at radius 3 is 2.93 bits per heavy atom. The van der Waals surface area contributed by atoms with E-state index in [1.807, 2.05) is 19.1 Å². The molecule has 0 amide bonds. The van der Waals surface area contributed by atoms with Gasteiger partial charge in [-0.05, 0) is 18.6 Å². The van der Waals surface area contributed by atoms with Gasteiger partial charge in [0.15, 0.2) is 5.01 Å². The molecule has 0 aliphatic carbocycles. The predicted octanol–water partition coefficient (Wildman–Crippen LogP) is 2.97. The maximum absolute atomic E-state index is 12.0. The van der Waals surface area contributed by atoms with Gasteiger partial charge in [-0.3, -0.25) is 4.79 Å². The summed E-state index contributed by atoms with van der Waals surface area (Å²) >= 11 is 5.65. The lowest BCUT2D eigenvalue weighted by molar-refractivity contribution is 0.103. The van der Waals surface area contributed by atoms with Gasteiger partial charge >= 0.3 is 0 Å². The highest BCUT2D eigenvalue weighted by atomic mass is 32.1. The summed E-state index contributed by atoms with van der Waals surface area (Å²) < 4.78 is 0. The van der Waals surface area contributed by atoms with Gasteiger partial charge in [0.1, 0.15) is 0 Å². The number of thiazole rings is 1. The van der Waals surface area contributed by atoms with Crippen LogP contribution in [0.25, 0.3) is 0 Å². The maximum Gasteiger partial charge on any atom is 0.221 e. The molecule has 1 aromatic heterocycles. The first-order valence-corrected chi connectivity index (χ1v) is 5.75. The number of thiol groups is 1. The Morgan fingerprint density at radius 1 is 1.47 bits per heavy atom. The summed E-state index contributed by atoms with van der Waals surface area (Å²) in [5.41, 5.74) is 1.58. The van der Waals surface area contributed by atoms with Crippen LogP contribution in [-0.2, 0) is 0 Å². The number of hydrogen-bond donors (Lipinski definition) is 1. The summed E-state index contributed by atoms with van der Waals surface area (Å²) in [5.74, 6) is -0.0293. The third-order valence-corrected chi connectivity index (χ3v) is 3.43. The summed E-state index contributed by atoms with van der Waals surface area (Å²) in [4.78, 5) is 16.8. The summed E-state index contributed by atoms with van der Waals surface area (Å²) in [6.45, 7) is 1.89. The van der Waals surface area contributed by atoms with E-state index in [0.717, 1.165) is 10.5 Å². The molecule has 0 N–H and O–H groups in total. The minimum atomic E-state index is -0.0293. The maximum atomic E-state index is 12.0. The Hall–Kier alpha value is -1.13. The van der Waals surface area contributed by atoms with Crippen LogP contribution in [0, 0.1) is 6.92 Å². The lowest BCUT2D eigenvalue weighted by atomic mass is 10.1. The molecule has 0 spiro atoms. The highest BCUT2D eigenvalue weighted by Crippen LogP contribution is 2.20. The number of nitrogens with zero attached hydrogens (tertiary/aromatic N) is 1. The SMILES string of the molecule is Cc1c(S)cccc1C(=O)c1nccs1. The minimum absolute atomic E-state index is 0.0293. The van der Waals surface area contributed by atoms with Gasteiger partial charge < -0.3 is 0 Å². The quantitative estimate of drug-likeness (QED) is 0.640. The number of carbonyl (C=O) groups excluding carboxylic acids is 1. The van der Waals surface area contributed by atoms with Gasteiger partial charge in [0, 0.05) is 22.0 Å². The molecule has 0 aliphatic heterocycles. The fourth-order valence-corrected chi connectivity index (χ4v) is 2.12. The van der Waals surface area contributed by atoms with E-state index in [-0.39, 0.29) is 5.78 Å². The zero-order valence-electron chi connectivity index (χ0n) is 8.10. The van der Waals surface area contributed by atoms with Crippen molar-refractivity contribution in [2.24, 2.45) is 0 Å². The molecular formula is C11H9NOS2. The van der Waals surface area contributed by atoms with Gasteiger partial charge in [-0.2, -0.15) is 0 Å². The van der Waals surface area contributed by atoms with E-state index < -0.39 is 0 Å². The van der Waals surface area contributed by atoms with Gasteiger partial charge in [0.2, 0.25) is 5.78 Å². The third kappa shape index (κ3) is 1.96. The number of hydrogen-bond acceptors (Lipinski definition) is 4. The Bertz CT molecular complexity index is 491. The second-order valence-electron chi connectivity index (χ2n) is 3.12. The van der Waals surface area contributed by atoms with Crippen LogP contribution in [0.3, 0.4) is 0 Å². The standard InChI is InChI=1S/C11H9NOS2/c1-7-8(3-2-4-9(7)14)10(13)11-12-5-6-15-11/h2-6,14H,1H3. The molecule has 0 unspecified atom stereocenters. The summed E-state index contributed by atoms with van der Waals surface area (Å²) in [6.07, 6.45) is 1.64. The molecule has 0 saturated heterocycles. The second-order valence-corrected chi connectivity index (χ2v) is 4.49. The molecule has 0 aliphatic rings.